The molecule has 11 nitrogen and oxygen atoms in total. The maximum Gasteiger partial charge on any atom is 0.309 e. The molecule has 2 fully saturated rings. The van der Waals surface area contributed by atoms with Crippen molar-refractivity contribution in [2.24, 2.45) is 5.92 Å². The summed E-state index contributed by atoms with van der Waals surface area (Å²) in [7, 11) is 1.58. The molecule has 5 aromatic rings. The summed E-state index contributed by atoms with van der Waals surface area (Å²) in [6.07, 6.45) is 2.95. The van der Waals surface area contributed by atoms with Crippen molar-refractivity contribution in [2.75, 3.05) is 26.7 Å². The first-order valence-corrected chi connectivity index (χ1v) is 17.5. The van der Waals surface area contributed by atoms with Gasteiger partial charge in [-0.1, -0.05) is 65.7 Å². The fraction of sp³-hybridized carbons (Fsp3) is 0.289. The van der Waals surface area contributed by atoms with E-state index in [1.54, 1.807) is 17.7 Å². The third kappa shape index (κ3) is 6.94. The minimum Gasteiger partial charge on any atom is -0.481 e. The highest BCUT2D eigenvalue weighted by molar-refractivity contribution is 6.39. The summed E-state index contributed by atoms with van der Waals surface area (Å²) in [5.41, 5.74) is 6.79. The quantitative estimate of drug-likeness (QED) is 0.159. The van der Waals surface area contributed by atoms with Crippen molar-refractivity contribution in [1.82, 2.24) is 29.9 Å². The lowest BCUT2D eigenvalue weighted by Gasteiger charge is -2.36. The van der Waals surface area contributed by atoms with Crippen LogP contribution in [0.2, 0.25) is 10.0 Å². The van der Waals surface area contributed by atoms with Crippen molar-refractivity contribution in [1.29, 1.82) is 0 Å². The van der Waals surface area contributed by atoms with Crippen LogP contribution in [0.1, 0.15) is 29.7 Å². The SMILES string of the molecule is COc1nc(-c2cccc(-c3cccc(-c4cc(C)n5c(=O)c(CN6CC(C(=O)O)C6)cnc5c4)c3Cl)c2Cl)ccc1CNC[C@@H]1CCC(=O)N1. The van der Waals surface area contributed by atoms with E-state index in [1.807, 2.05) is 72.5 Å². The molecule has 3 N–H and O–H groups in total. The third-order valence-electron chi connectivity index (χ3n) is 9.56. The van der Waals surface area contributed by atoms with E-state index in [9.17, 15) is 19.5 Å². The molecule has 2 aromatic carbocycles. The summed E-state index contributed by atoms with van der Waals surface area (Å²) >= 11 is 14.2. The molecule has 5 heterocycles. The number of likely N-dealkylation sites (tertiary alicyclic amines) is 1. The predicted octanol–water partition coefficient (Wildman–Crippen LogP) is 5.60. The standard InChI is InChI=1S/C38H36Cl2N6O5/c1-21-13-23(14-32-42-16-24(37(48)46(21)32)18-45-19-25(20-45)38(49)50)27-5-3-6-28(34(27)39)29-7-4-8-30(35(29)40)31-11-9-22(36(44-31)51-2)15-41-17-26-10-12-33(47)43-26/h3-9,11,13-14,16,25-26,41H,10,12,15,17-20H2,1-2H3,(H,43,47)(H,49,50)/t26-/m0/s1. The first-order chi connectivity index (χ1) is 24.6. The molecule has 0 spiro atoms. The highest BCUT2D eigenvalue weighted by Crippen LogP contribution is 2.42. The lowest BCUT2D eigenvalue weighted by atomic mass is 9.96. The second-order valence-electron chi connectivity index (χ2n) is 13.0. The number of hydrogen-bond acceptors (Lipinski definition) is 8. The Kier molecular flexibility index (Phi) is 9.80. The number of pyridine rings is 2. The van der Waals surface area contributed by atoms with E-state index >= 15 is 0 Å². The summed E-state index contributed by atoms with van der Waals surface area (Å²) in [4.78, 5) is 47.5. The Labute approximate surface area is 304 Å². The summed E-state index contributed by atoms with van der Waals surface area (Å²) in [5.74, 6) is -0.648. The number of carboxylic acids is 1. The first kappa shape index (κ1) is 34.6. The molecular formula is C38H36Cl2N6O5. The van der Waals surface area contributed by atoms with Gasteiger partial charge in [0.05, 0.1) is 34.3 Å². The van der Waals surface area contributed by atoms with E-state index in [-0.39, 0.29) is 17.5 Å². The number of carboxylic acid groups (broad SMARTS) is 1. The van der Waals surface area contributed by atoms with Gasteiger partial charge in [-0.2, -0.15) is 0 Å². The number of fused-ring (bicyclic) bond motifs is 1. The van der Waals surface area contributed by atoms with E-state index < -0.39 is 11.9 Å². The van der Waals surface area contributed by atoms with Crippen LogP contribution in [0.5, 0.6) is 5.88 Å². The number of nitrogens with one attached hydrogen (secondary N) is 2. The molecule has 0 bridgehead atoms. The van der Waals surface area contributed by atoms with E-state index in [0.717, 1.165) is 39.8 Å². The summed E-state index contributed by atoms with van der Waals surface area (Å²) < 4.78 is 7.22. The van der Waals surface area contributed by atoms with Crippen molar-refractivity contribution in [2.45, 2.75) is 38.9 Å². The minimum absolute atomic E-state index is 0.0878. The second kappa shape index (κ2) is 14.4. The van der Waals surface area contributed by atoms with Crippen molar-refractivity contribution < 1.29 is 19.4 Å². The molecule has 2 saturated heterocycles. The molecule has 0 saturated carbocycles. The number of aryl methyl sites for hydroxylation is 1. The van der Waals surface area contributed by atoms with Crippen LogP contribution in [0.3, 0.4) is 0 Å². The zero-order valence-electron chi connectivity index (χ0n) is 28.1. The van der Waals surface area contributed by atoms with Crippen LogP contribution in [-0.4, -0.2) is 69.0 Å². The van der Waals surface area contributed by atoms with E-state index in [0.29, 0.717) is 77.7 Å². The molecule has 262 valence electrons. The van der Waals surface area contributed by atoms with Crippen LogP contribution < -0.4 is 20.9 Å². The van der Waals surface area contributed by atoms with Gasteiger partial charge in [-0.05, 0) is 37.1 Å². The lowest BCUT2D eigenvalue weighted by molar-refractivity contribution is -0.147. The Morgan fingerprint density at radius 2 is 1.71 bits per heavy atom. The Hall–Kier alpha value is -4.81. The van der Waals surface area contributed by atoms with Gasteiger partial charge < -0.3 is 20.5 Å². The Bertz CT molecular complexity index is 2240. The fourth-order valence-corrected chi connectivity index (χ4v) is 7.48. The Balaban J connectivity index is 1.14. The van der Waals surface area contributed by atoms with Crippen molar-refractivity contribution in [3.63, 3.8) is 0 Å². The summed E-state index contributed by atoms with van der Waals surface area (Å²) in [6, 6.07) is 19.2. The van der Waals surface area contributed by atoms with Gasteiger partial charge in [0, 0.05) is 84.9 Å². The van der Waals surface area contributed by atoms with Gasteiger partial charge >= 0.3 is 5.97 Å². The van der Waals surface area contributed by atoms with Crippen LogP contribution >= 0.6 is 23.2 Å². The molecule has 51 heavy (non-hydrogen) atoms. The van der Waals surface area contributed by atoms with Gasteiger partial charge in [0.2, 0.25) is 11.8 Å². The number of aliphatic carboxylic acids is 1. The van der Waals surface area contributed by atoms with E-state index in [2.05, 4.69) is 15.6 Å². The number of rotatable bonds is 11. The molecule has 3 aromatic heterocycles. The molecule has 0 unspecified atom stereocenters. The van der Waals surface area contributed by atoms with Crippen LogP contribution in [0.25, 0.3) is 39.2 Å². The first-order valence-electron chi connectivity index (χ1n) is 16.7. The number of ether oxygens (including phenoxy) is 1. The van der Waals surface area contributed by atoms with E-state index in [1.165, 1.54) is 0 Å². The number of carbonyl (C=O) groups excluding carboxylic acids is 1. The fourth-order valence-electron chi connectivity index (χ4n) is 6.82. The molecular weight excluding hydrogens is 691 g/mol. The van der Waals surface area contributed by atoms with Gasteiger partial charge in [-0.3, -0.25) is 23.7 Å². The van der Waals surface area contributed by atoms with Gasteiger partial charge in [0.25, 0.3) is 5.56 Å². The molecule has 1 amide bonds. The Morgan fingerprint density at radius 3 is 2.39 bits per heavy atom. The van der Waals surface area contributed by atoms with Gasteiger partial charge in [-0.25, -0.2) is 9.97 Å². The van der Waals surface area contributed by atoms with Crippen molar-refractivity contribution in [3.8, 4) is 39.4 Å². The monoisotopic (exact) mass is 726 g/mol. The summed E-state index contributed by atoms with van der Waals surface area (Å²) in [6.45, 7) is 4.22. The van der Waals surface area contributed by atoms with Crippen LogP contribution in [0.4, 0.5) is 0 Å². The van der Waals surface area contributed by atoms with Crippen molar-refractivity contribution >= 4 is 40.7 Å². The molecule has 13 heteroatoms. The number of methoxy groups -OCH3 is 1. The molecule has 2 aliphatic heterocycles. The highest BCUT2D eigenvalue weighted by atomic mass is 35.5. The largest absolute Gasteiger partial charge is 0.481 e. The number of benzene rings is 2. The van der Waals surface area contributed by atoms with Gasteiger partial charge in [0.1, 0.15) is 5.65 Å². The normalized spacial score (nSPS) is 16.3. The maximum absolute atomic E-state index is 13.5. The number of hydrogen-bond donors (Lipinski definition) is 3. The maximum atomic E-state index is 13.5. The average Bonchev–Trinajstić information content (AvgIpc) is 3.51. The number of carbonyl (C=O) groups is 2. The van der Waals surface area contributed by atoms with Crippen LogP contribution in [0, 0.1) is 12.8 Å². The topological polar surface area (TPSA) is 138 Å². The molecule has 0 radical (unpaired) electrons. The molecule has 7 rings (SSSR count). The number of nitrogens with zero attached hydrogens (tertiary/aromatic N) is 4. The lowest BCUT2D eigenvalue weighted by Crippen LogP contribution is -2.50. The zero-order valence-corrected chi connectivity index (χ0v) is 29.6. The van der Waals surface area contributed by atoms with Crippen molar-refractivity contribution in [3.05, 3.63) is 104 Å². The minimum atomic E-state index is -0.818. The predicted molar refractivity (Wildman–Crippen MR) is 196 cm³/mol. The number of halogens is 2. The highest BCUT2D eigenvalue weighted by Gasteiger charge is 2.33. The Morgan fingerprint density at radius 1 is 1.00 bits per heavy atom. The molecule has 0 aliphatic carbocycles. The zero-order chi connectivity index (χ0) is 35.8. The van der Waals surface area contributed by atoms with E-state index in [4.69, 9.17) is 32.9 Å². The van der Waals surface area contributed by atoms with Crippen LogP contribution in [0.15, 0.2) is 71.7 Å². The molecule has 2 aliphatic rings. The average molecular weight is 728 g/mol. The van der Waals surface area contributed by atoms with Gasteiger partial charge in [-0.15, -0.1) is 0 Å². The third-order valence-corrected chi connectivity index (χ3v) is 10.4. The van der Waals surface area contributed by atoms with Gasteiger partial charge in [0.15, 0.2) is 0 Å². The number of amides is 1. The van der Waals surface area contributed by atoms with Crippen LogP contribution in [-0.2, 0) is 22.7 Å². The smallest absolute Gasteiger partial charge is 0.309 e. The summed E-state index contributed by atoms with van der Waals surface area (Å²) in [5, 5.41) is 16.5. The molecule has 1 atom stereocenters. The number of aromatic nitrogens is 3. The second-order valence-corrected chi connectivity index (χ2v) is 13.8.